The highest BCUT2D eigenvalue weighted by molar-refractivity contribution is 9.10. The second-order valence-electron chi connectivity index (χ2n) is 4.50. The van der Waals surface area contributed by atoms with Gasteiger partial charge in [-0.25, -0.2) is 0 Å². The molecule has 1 aliphatic heterocycles. The predicted molar refractivity (Wildman–Crippen MR) is 79.9 cm³/mol. The Labute approximate surface area is 124 Å². The van der Waals surface area contributed by atoms with Crippen molar-refractivity contribution in [2.24, 2.45) is 0 Å². The number of aryl methyl sites for hydroxylation is 1. The predicted octanol–water partition coefficient (Wildman–Crippen LogP) is 3.84. The second-order valence-corrected chi connectivity index (χ2v) is 6.09. The molecule has 0 aliphatic carbocycles. The van der Waals surface area contributed by atoms with Crippen molar-refractivity contribution in [3.63, 3.8) is 0 Å². The van der Waals surface area contributed by atoms with Crippen molar-refractivity contribution in [1.29, 1.82) is 0 Å². The fourth-order valence-electron chi connectivity index (χ4n) is 2.03. The van der Waals surface area contributed by atoms with E-state index in [2.05, 4.69) is 45.0 Å². The number of halogens is 1. The van der Waals surface area contributed by atoms with Crippen molar-refractivity contribution in [2.45, 2.75) is 20.0 Å². The normalized spacial score (nSPS) is 12.9. The van der Waals surface area contributed by atoms with E-state index in [1.165, 1.54) is 16.7 Å². The van der Waals surface area contributed by atoms with E-state index >= 15 is 0 Å². The maximum absolute atomic E-state index is 5.41. The first-order chi connectivity index (χ1) is 9.24. The molecule has 1 aliphatic rings. The number of rotatable bonds is 4. The van der Waals surface area contributed by atoms with E-state index in [0.29, 0.717) is 6.79 Å². The fraction of sp³-hybridized carbons (Fsp3) is 0.286. The summed E-state index contributed by atoms with van der Waals surface area (Å²) < 4.78 is 11.7. The van der Waals surface area contributed by atoms with E-state index < -0.39 is 0 Å². The Bertz CT molecular complexity index is 597. The first-order valence-corrected chi connectivity index (χ1v) is 7.78. The third-order valence-electron chi connectivity index (χ3n) is 3.09. The number of hydrogen-bond acceptors (Lipinski definition) is 4. The molecular formula is C14H14BrNO2S. The molecule has 0 fully saturated rings. The summed E-state index contributed by atoms with van der Waals surface area (Å²) in [5.41, 5.74) is 3.90. The Morgan fingerprint density at radius 2 is 2.16 bits per heavy atom. The largest absolute Gasteiger partial charge is 0.454 e. The van der Waals surface area contributed by atoms with E-state index in [-0.39, 0.29) is 0 Å². The highest BCUT2D eigenvalue weighted by atomic mass is 79.9. The van der Waals surface area contributed by atoms with Gasteiger partial charge in [0.15, 0.2) is 11.5 Å². The van der Waals surface area contributed by atoms with E-state index in [4.69, 9.17) is 9.47 Å². The molecule has 1 aromatic carbocycles. The van der Waals surface area contributed by atoms with Crippen molar-refractivity contribution in [3.8, 4) is 11.5 Å². The molecule has 1 aromatic heterocycles. The monoisotopic (exact) mass is 339 g/mol. The molecule has 3 rings (SSSR count). The molecule has 0 spiro atoms. The Hall–Kier alpha value is -1.04. The zero-order valence-corrected chi connectivity index (χ0v) is 12.9. The molecule has 0 bridgehead atoms. The van der Waals surface area contributed by atoms with Gasteiger partial charge in [-0.1, -0.05) is 0 Å². The minimum Gasteiger partial charge on any atom is -0.454 e. The van der Waals surface area contributed by atoms with Gasteiger partial charge < -0.3 is 14.8 Å². The van der Waals surface area contributed by atoms with Crippen molar-refractivity contribution < 1.29 is 9.47 Å². The Kier molecular flexibility index (Phi) is 3.77. The Morgan fingerprint density at radius 3 is 2.95 bits per heavy atom. The van der Waals surface area contributed by atoms with Crippen molar-refractivity contribution in [2.75, 3.05) is 6.79 Å². The van der Waals surface area contributed by atoms with Crippen LogP contribution in [-0.4, -0.2) is 6.79 Å². The standard InChI is InChI=1S/C14H14BrNO2S/c1-9-6-19-7-11(9)5-16-4-10-2-12(15)14-13(3-10)17-8-18-14/h2-3,6-7,16H,4-5,8H2,1H3. The molecule has 19 heavy (non-hydrogen) atoms. The van der Waals surface area contributed by atoms with Crippen LogP contribution in [0.1, 0.15) is 16.7 Å². The average Bonchev–Trinajstić information content (AvgIpc) is 2.99. The van der Waals surface area contributed by atoms with Gasteiger partial charge in [-0.3, -0.25) is 0 Å². The number of benzene rings is 1. The summed E-state index contributed by atoms with van der Waals surface area (Å²) in [7, 11) is 0. The van der Waals surface area contributed by atoms with Crippen molar-refractivity contribution in [1.82, 2.24) is 5.32 Å². The van der Waals surface area contributed by atoms with Crippen LogP contribution in [0.15, 0.2) is 27.4 Å². The molecule has 0 radical (unpaired) electrons. The van der Waals surface area contributed by atoms with Gasteiger partial charge in [0.05, 0.1) is 4.47 Å². The molecule has 2 heterocycles. The quantitative estimate of drug-likeness (QED) is 0.917. The lowest BCUT2D eigenvalue weighted by Crippen LogP contribution is -2.12. The molecule has 0 saturated carbocycles. The van der Waals surface area contributed by atoms with Crippen LogP contribution in [0.5, 0.6) is 11.5 Å². The maximum atomic E-state index is 5.41. The summed E-state index contributed by atoms with van der Waals surface area (Å²) in [5, 5.41) is 7.82. The molecule has 0 saturated heterocycles. The van der Waals surface area contributed by atoms with Gasteiger partial charge in [0, 0.05) is 13.1 Å². The topological polar surface area (TPSA) is 30.5 Å². The molecule has 100 valence electrons. The number of thiophene rings is 1. The molecule has 3 nitrogen and oxygen atoms in total. The lowest BCUT2D eigenvalue weighted by molar-refractivity contribution is 0.173. The summed E-state index contributed by atoms with van der Waals surface area (Å²) >= 11 is 5.26. The SMILES string of the molecule is Cc1cscc1CNCc1cc(Br)c2c(c1)OCO2. The summed E-state index contributed by atoms with van der Waals surface area (Å²) in [6, 6.07) is 4.10. The van der Waals surface area contributed by atoms with Crippen LogP contribution < -0.4 is 14.8 Å². The summed E-state index contributed by atoms with van der Waals surface area (Å²) in [5.74, 6) is 1.62. The maximum Gasteiger partial charge on any atom is 0.231 e. The number of ether oxygens (including phenoxy) is 2. The van der Waals surface area contributed by atoms with Gasteiger partial charge in [0.2, 0.25) is 6.79 Å². The fourth-order valence-corrected chi connectivity index (χ4v) is 3.49. The van der Waals surface area contributed by atoms with Gasteiger partial charge in [0.1, 0.15) is 0 Å². The molecule has 5 heteroatoms. The molecule has 0 unspecified atom stereocenters. The highest BCUT2D eigenvalue weighted by Crippen LogP contribution is 2.39. The third-order valence-corrected chi connectivity index (χ3v) is 4.59. The van der Waals surface area contributed by atoms with Gasteiger partial charge in [-0.2, -0.15) is 11.3 Å². The molecular weight excluding hydrogens is 326 g/mol. The van der Waals surface area contributed by atoms with Crippen molar-refractivity contribution in [3.05, 3.63) is 44.1 Å². The van der Waals surface area contributed by atoms with Crippen LogP contribution in [0.4, 0.5) is 0 Å². The third kappa shape index (κ3) is 2.78. The van der Waals surface area contributed by atoms with Crippen LogP contribution in [0.3, 0.4) is 0 Å². The first kappa shape index (κ1) is 13.0. The molecule has 2 aromatic rings. The molecule has 1 N–H and O–H groups in total. The van der Waals surface area contributed by atoms with Gasteiger partial charge >= 0.3 is 0 Å². The van der Waals surface area contributed by atoms with E-state index in [9.17, 15) is 0 Å². The number of hydrogen-bond donors (Lipinski definition) is 1. The van der Waals surface area contributed by atoms with E-state index in [1.807, 2.05) is 6.07 Å². The van der Waals surface area contributed by atoms with Gasteiger partial charge in [0.25, 0.3) is 0 Å². The number of fused-ring (bicyclic) bond motifs is 1. The minimum absolute atomic E-state index is 0.304. The zero-order valence-electron chi connectivity index (χ0n) is 10.5. The molecule has 0 amide bonds. The summed E-state index contributed by atoms with van der Waals surface area (Å²) in [4.78, 5) is 0. The lowest BCUT2D eigenvalue weighted by atomic mass is 10.2. The van der Waals surface area contributed by atoms with Crippen LogP contribution in [0.25, 0.3) is 0 Å². The van der Waals surface area contributed by atoms with E-state index in [1.54, 1.807) is 11.3 Å². The smallest absolute Gasteiger partial charge is 0.231 e. The van der Waals surface area contributed by atoms with Gasteiger partial charge in [-0.05, 0) is 62.4 Å². The van der Waals surface area contributed by atoms with Crippen LogP contribution in [0, 0.1) is 6.92 Å². The molecule has 0 atom stereocenters. The van der Waals surface area contributed by atoms with Crippen LogP contribution >= 0.6 is 27.3 Å². The highest BCUT2D eigenvalue weighted by Gasteiger charge is 2.17. The van der Waals surface area contributed by atoms with Gasteiger partial charge in [-0.15, -0.1) is 0 Å². The average molecular weight is 340 g/mol. The minimum atomic E-state index is 0.304. The lowest BCUT2D eigenvalue weighted by Gasteiger charge is -2.07. The van der Waals surface area contributed by atoms with Crippen LogP contribution in [-0.2, 0) is 13.1 Å². The first-order valence-electron chi connectivity index (χ1n) is 6.04. The van der Waals surface area contributed by atoms with Crippen LogP contribution in [0.2, 0.25) is 0 Å². The van der Waals surface area contributed by atoms with Crippen molar-refractivity contribution >= 4 is 27.3 Å². The number of nitrogens with one attached hydrogen (secondary N) is 1. The zero-order chi connectivity index (χ0) is 13.2. The summed E-state index contributed by atoms with van der Waals surface area (Å²) in [6.45, 7) is 4.15. The Balaban J connectivity index is 1.65. The summed E-state index contributed by atoms with van der Waals surface area (Å²) in [6.07, 6.45) is 0. The van der Waals surface area contributed by atoms with E-state index in [0.717, 1.165) is 29.1 Å². The second kappa shape index (κ2) is 5.53. The Morgan fingerprint density at radius 1 is 1.26 bits per heavy atom.